The van der Waals surface area contributed by atoms with Gasteiger partial charge in [-0.15, -0.1) is 0 Å². The lowest BCUT2D eigenvalue weighted by Gasteiger charge is -2.23. The van der Waals surface area contributed by atoms with E-state index in [4.69, 9.17) is 0 Å². The Bertz CT molecular complexity index is 2530. The summed E-state index contributed by atoms with van der Waals surface area (Å²) in [5.74, 6) is 0. The third kappa shape index (κ3) is 3.64. The third-order valence-corrected chi connectivity index (χ3v) is 9.65. The second-order valence-electron chi connectivity index (χ2n) is 13.4. The zero-order valence-electron chi connectivity index (χ0n) is 25.3. The third-order valence-electron chi connectivity index (χ3n) is 9.65. The maximum atomic E-state index is 2.47. The van der Waals surface area contributed by atoms with Gasteiger partial charge in [-0.05, 0) is 116 Å². The van der Waals surface area contributed by atoms with E-state index in [2.05, 4.69) is 160 Å². The van der Waals surface area contributed by atoms with Crippen LogP contribution in [0.1, 0.15) is 26.3 Å². The molecular weight excluding hydrogens is 528 g/mol. The van der Waals surface area contributed by atoms with E-state index in [-0.39, 0.29) is 5.41 Å². The minimum absolute atomic E-state index is 0.0901. The minimum Gasteiger partial charge on any atom is -0.0622 e. The summed E-state index contributed by atoms with van der Waals surface area (Å²) in [5.41, 5.74) is 6.56. The molecule has 0 aliphatic rings. The highest BCUT2D eigenvalue weighted by molar-refractivity contribution is 6.36. The molecule has 0 amide bonds. The molecule has 0 bridgehead atoms. The van der Waals surface area contributed by atoms with Gasteiger partial charge in [0.2, 0.25) is 0 Å². The van der Waals surface area contributed by atoms with Crippen LogP contribution in [0.15, 0.2) is 140 Å². The Kier molecular flexibility index (Phi) is 5.26. The molecule has 0 heteroatoms. The molecule has 9 aromatic carbocycles. The molecule has 0 spiro atoms. The Morgan fingerprint density at radius 3 is 1.41 bits per heavy atom. The van der Waals surface area contributed by atoms with Gasteiger partial charge in [-0.3, -0.25) is 0 Å². The van der Waals surface area contributed by atoms with Gasteiger partial charge in [-0.1, -0.05) is 142 Å². The predicted octanol–water partition coefficient (Wildman–Crippen LogP) is 12.7. The Morgan fingerprint density at radius 1 is 0.341 bits per heavy atom. The van der Waals surface area contributed by atoms with Gasteiger partial charge in [0.05, 0.1) is 0 Å². The number of hydrogen-bond acceptors (Lipinski definition) is 0. The quantitative estimate of drug-likeness (QED) is 0.146. The van der Waals surface area contributed by atoms with Gasteiger partial charge in [0, 0.05) is 0 Å². The largest absolute Gasteiger partial charge is 0.0622 e. The molecule has 0 saturated heterocycles. The van der Waals surface area contributed by atoms with Gasteiger partial charge in [0.1, 0.15) is 0 Å². The lowest BCUT2D eigenvalue weighted by molar-refractivity contribution is 0.591. The molecule has 9 aromatic rings. The average molecular weight is 561 g/mol. The van der Waals surface area contributed by atoms with Crippen molar-refractivity contribution in [1.29, 1.82) is 0 Å². The Hall–Kier alpha value is -5.20. The first-order valence-corrected chi connectivity index (χ1v) is 15.6. The molecule has 0 heterocycles. The number of benzene rings is 9. The molecule has 0 N–H and O–H groups in total. The highest BCUT2D eigenvalue weighted by Gasteiger charge is 2.23. The zero-order valence-corrected chi connectivity index (χ0v) is 25.3. The smallest absolute Gasteiger partial charge is 0.00192 e. The van der Waals surface area contributed by atoms with E-state index >= 15 is 0 Å². The molecule has 0 aliphatic carbocycles. The molecule has 0 radical (unpaired) electrons. The second kappa shape index (κ2) is 9.15. The van der Waals surface area contributed by atoms with Gasteiger partial charge < -0.3 is 0 Å². The molecule has 0 unspecified atom stereocenters. The summed E-state index contributed by atoms with van der Waals surface area (Å²) in [6.45, 7) is 6.91. The van der Waals surface area contributed by atoms with Crippen LogP contribution in [0.4, 0.5) is 0 Å². The van der Waals surface area contributed by atoms with Crippen LogP contribution in [0.2, 0.25) is 0 Å². The summed E-state index contributed by atoms with van der Waals surface area (Å²) in [7, 11) is 0. The van der Waals surface area contributed by atoms with E-state index < -0.39 is 0 Å². The van der Waals surface area contributed by atoms with Crippen molar-refractivity contribution in [3.05, 3.63) is 145 Å². The lowest BCUT2D eigenvalue weighted by atomic mass is 9.80. The highest BCUT2D eigenvalue weighted by atomic mass is 14.3. The van der Waals surface area contributed by atoms with Crippen LogP contribution in [0.5, 0.6) is 0 Å². The molecule has 0 aliphatic heterocycles. The van der Waals surface area contributed by atoms with Crippen LogP contribution in [0.25, 0.3) is 86.9 Å². The summed E-state index contributed by atoms with van der Waals surface area (Å²) in [4.78, 5) is 0. The topological polar surface area (TPSA) is 0 Å². The monoisotopic (exact) mass is 560 g/mol. The number of rotatable bonds is 2. The van der Waals surface area contributed by atoms with E-state index in [0.29, 0.717) is 0 Å². The summed E-state index contributed by atoms with van der Waals surface area (Å²) in [5, 5.41) is 15.8. The maximum Gasteiger partial charge on any atom is -0.00192 e. The molecule has 0 nitrogen and oxygen atoms in total. The fourth-order valence-corrected chi connectivity index (χ4v) is 7.55. The van der Waals surface area contributed by atoms with Crippen molar-refractivity contribution in [2.45, 2.75) is 26.2 Å². The summed E-state index contributed by atoms with van der Waals surface area (Å²) >= 11 is 0. The summed E-state index contributed by atoms with van der Waals surface area (Å²) < 4.78 is 0. The molecular formula is C44H32. The van der Waals surface area contributed by atoms with Crippen LogP contribution in [0.3, 0.4) is 0 Å². The van der Waals surface area contributed by atoms with Crippen molar-refractivity contribution in [2.75, 3.05) is 0 Å². The Labute approximate surface area is 257 Å². The molecule has 44 heavy (non-hydrogen) atoms. The molecule has 0 fully saturated rings. The van der Waals surface area contributed by atoms with Crippen LogP contribution in [-0.4, -0.2) is 0 Å². The minimum atomic E-state index is 0.0901. The number of hydrogen-bond donors (Lipinski definition) is 0. The predicted molar refractivity (Wildman–Crippen MR) is 192 cm³/mol. The van der Waals surface area contributed by atoms with Crippen molar-refractivity contribution >= 4 is 64.6 Å². The molecule has 208 valence electrons. The first-order valence-electron chi connectivity index (χ1n) is 15.6. The van der Waals surface area contributed by atoms with Crippen LogP contribution in [0, 0.1) is 0 Å². The molecule has 0 atom stereocenters. The van der Waals surface area contributed by atoms with Crippen LogP contribution in [-0.2, 0) is 5.41 Å². The zero-order chi connectivity index (χ0) is 29.6. The van der Waals surface area contributed by atoms with Crippen molar-refractivity contribution < 1.29 is 0 Å². The fourth-order valence-electron chi connectivity index (χ4n) is 7.55. The lowest BCUT2D eigenvalue weighted by Crippen LogP contribution is -2.10. The summed E-state index contributed by atoms with van der Waals surface area (Å²) in [6.07, 6.45) is 0. The first kappa shape index (κ1) is 25.3. The van der Waals surface area contributed by atoms with E-state index in [1.54, 1.807) is 0 Å². The molecule has 0 saturated carbocycles. The average Bonchev–Trinajstić information content (AvgIpc) is 3.05. The van der Waals surface area contributed by atoms with Crippen molar-refractivity contribution in [3.63, 3.8) is 0 Å². The van der Waals surface area contributed by atoms with Gasteiger partial charge in [0.15, 0.2) is 0 Å². The second-order valence-corrected chi connectivity index (χ2v) is 13.4. The standard InChI is InChI=1S/C44H32/c1-44(2,3)34-22-31-18-19-33-26-38-41(28-14-8-5-9-15-28)40(27-12-6-4-7-13-27)36-24-29-16-10-11-17-30(29)25-37(36)43(38)35-21-20-32(23-34)39(31)42(33)35/h4-26H,1-3H3. The SMILES string of the molecule is CC(C)(C)c1cc2ccc3cc4c(-c5ccccc5)c(-c5ccccc5)c5cc6ccccc6cc5c4c4ccc(c1)c2c34. The first-order chi connectivity index (χ1) is 21.5. The van der Waals surface area contributed by atoms with E-state index in [1.807, 2.05) is 0 Å². The van der Waals surface area contributed by atoms with Crippen LogP contribution >= 0.6 is 0 Å². The maximum absolute atomic E-state index is 2.47. The summed E-state index contributed by atoms with van der Waals surface area (Å²) in [6, 6.07) is 52.3. The fraction of sp³-hybridized carbons (Fsp3) is 0.0909. The van der Waals surface area contributed by atoms with Gasteiger partial charge in [-0.2, -0.15) is 0 Å². The van der Waals surface area contributed by atoms with E-state index in [9.17, 15) is 0 Å². The van der Waals surface area contributed by atoms with Gasteiger partial charge in [-0.25, -0.2) is 0 Å². The number of fused-ring (bicyclic) bond motifs is 5. The van der Waals surface area contributed by atoms with Gasteiger partial charge in [0.25, 0.3) is 0 Å². The van der Waals surface area contributed by atoms with Crippen molar-refractivity contribution in [2.24, 2.45) is 0 Å². The van der Waals surface area contributed by atoms with Gasteiger partial charge >= 0.3 is 0 Å². The Morgan fingerprint density at radius 2 is 0.818 bits per heavy atom. The van der Waals surface area contributed by atoms with Crippen molar-refractivity contribution in [3.8, 4) is 22.3 Å². The van der Waals surface area contributed by atoms with Crippen molar-refractivity contribution in [1.82, 2.24) is 0 Å². The Balaban J connectivity index is 1.56. The molecule has 9 rings (SSSR count). The van der Waals surface area contributed by atoms with E-state index in [1.165, 1.54) is 92.5 Å². The van der Waals surface area contributed by atoms with Crippen LogP contribution < -0.4 is 0 Å². The van der Waals surface area contributed by atoms with E-state index in [0.717, 1.165) is 0 Å². The normalized spacial score (nSPS) is 12.4. The molecule has 0 aromatic heterocycles. The highest BCUT2D eigenvalue weighted by Crippen LogP contribution is 2.50.